The topological polar surface area (TPSA) is 44.8 Å². The van der Waals surface area contributed by atoms with Crippen LogP contribution in [0.15, 0.2) is 12.1 Å². The Kier molecular flexibility index (Phi) is 6.05. The molecule has 0 aliphatic heterocycles. The molecule has 0 saturated carbocycles. The summed E-state index contributed by atoms with van der Waals surface area (Å²) in [5.74, 6) is 1.95. The molecular formula is C14H20O4. The zero-order chi connectivity index (χ0) is 13.4. The van der Waals surface area contributed by atoms with E-state index in [1.807, 2.05) is 12.1 Å². The van der Waals surface area contributed by atoms with Crippen molar-refractivity contribution in [1.29, 1.82) is 0 Å². The van der Waals surface area contributed by atoms with E-state index in [4.69, 9.17) is 14.2 Å². The van der Waals surface area contributed by atoms with Gasteiger partial charge >= 0.3 is 0 Å². The SMILES string of the molecule is COc1cc(CCCCC=O)cc(OC)c1OC. The van der Waals surface area contributed by atoms with Gasteiger partial charge in [0.2, 0.25) is 5.75 Å². The fourth-order valence-electron chi connectivity index (χ4n) is 1.84. The Morgan fingerprint density at radius 3 is 2.06 bits per heavy atom. The van der Waals surface area contributed by atoms with Crippen molar-refractivity contribution in [2.75, 3.05) is 21.3 Å². The van der Waals surface area contributed by atoms with Crippen molar-refractivity contribution in [2.45, 2.75) is 25.7 Å². The first-order chi connectivity index (χ1) is 8.76. The summed E-state index contributed by atoms with van der Waals surface area (Å²) >= 11 is 0. The zero-order valence-electron chi connectivity index (χ0n) is 11.2. The molecule has 0 amide bonds. The first-order valence-electron chi connectivity index (χ1n) is 5.99. The molecule has 0 aliphatic rings. The van der Waals surface area contributed by atoms with Gasteiger partial charge in [0.25, 0.3) is 0 Å². The van der Waals surface area contributed by atoms with Crippen LogP contribution in [0.25, 0.3) is 0 Å². The summed E-state index contributed by atoms with van der Waals surface area (Å²) in [6.07, 6.45) is 4.34. The largest absolute Gasteiger partial charge is 0.493 e. The fraction of sp³-hybridized carbons (Fsp3) is 0.500. The van der Waals surface area contributed by atoms with Crippen molar-refractivity contribution in [3.05, 3.63) is 17.7 Å². The summed E-state index contributed by atoms with van der Waals surface area (Å²) < 4.78 is 15.8. The number of ether oxygens (including phenoxy) is 3. The van der Waals surface area contributed by atoms with Crippen molar-refractivity contribution in [1.82, 2.24) is 0 Å². The average Bonchev–Trinajstić information content (AvgIpc) is 2.42. The molecule has 4 nitrogen and oxygen atoms in total. The van der Waals surface area contributed by atoms with Crippen LogP contribution in [0.5, 0.6) is 17.2 Å². The predicted molar refractivity (Wildman–Crippen MR) is 69.7 cm³/mol. The highest BCUT2D eigenvalue weighted by Crippen LogP contribution is 2.38. The summed E-state index contributed by atoms with van der Waals surface area (Å²) in [6.45, 7) is 0. The first-order valence-corrected chi connectivity index (χ1v) is 5.99. The molecule has 0 atom stereocenters. The molecule has 0 heterocycles. The summed E-state index contributed by atoms with van der Waals surface area (Å²) in [7, 11) is 4.80. The van der Waals surface area contributed by atoms with Gasteiger partial charge in [-0.15, -0.1) is 0 Å². The molecule has 0 saturated heterocycles. The number of aldehydes is 1. The van der Waals surface area contributed by atoms with Crippen LogP contribution < -0.4 is 14.2 Å². The number of rotatable bonds is 8. The van der Waals surface area contributed by atoms with Crippen LogP contribution in [0, 0.1) is 0 Å². The number of aryl methyl sites for hydroxylation is 1. The van der Waals surface area contributed by atoms with Crippen molar-refractivity contribution in [3.8, 4) is 17.2 Å². The van der Waals surface area contributed by atoms with Crippen LogP contribution in [0.1, 0.15) is 24.8 Å². The molecule has 0 aromatic heterocycles. The van der Waals surface area contributed by atoms with Crippen LogP contribution in [0.4, 0.5) is 0 Å². The van der Waals surface area contributed by atoms with Crippen LogP contribution in [-0.2, 0) is 11.2 Å². The van der Waals surface area contributed by atoms with Gasteiger partial charge < -0.3 is 19.0 Å². The van der Waals surface area contributed by atoms with Gasteiger partial charge in [0, 0.05) is 6.42 Å². The summed E-state index contributed by atoms with van der Waals surface area (Å²) in [6, 6.07) is 3.89. The van der Waals surface area contributed by atoms with E-state index in [1.165, 1.54) is 0 Å². The number of unbranched alkanes of at least 4 members (excludes halogenated alkanes) is 2. The molecule has 1 aromatic carbocycles. The molecule has 0 bridgehead atoms. The third-order valence-electron chi connectivity index (χ3n) is 2.76. The molecule has 1 rings (SSSR count). The zero-order valence-corrected chi connectivity index (χ0v) is 11.2. The highest BCUT2D eigenvalue weighted by molar-refractivity contribution is 5.53. The van der Waals surface area contributed by atoms with Crippen molar-refractivity contribution >= 4 is 6.29 Å². The fourth-order valence-corrected chi connectivity index (χ4v) is 1.84. The lowest BCUT2D eigenvalue weighted by atomic mass is 10.1. The number of carbonyl (C=O) groups excluding carboxylic acids is 1. The summed E-state index contributed by atoms with van der Waals surface area (Å²) in [4.78, 5) is 10.2. The van der Waals surface area contributed by atoms with Gasteiger partial charge in [0.05, 0.1) is 21.3 Å². The number of methoxy groups -OCH3 is 3. The second kappa shape index (κ2) is 7.58. The molecule has 4 heteroatoms. The average molecular weight is 252 g/mol. The quantitative estimate of drug-likeness (QED) is 0.527. The lowest BCUT2D eigenvalue weighted by Gasteiger charge is -2.14. The Bertz CT molecular complexity index is 362. The van der Waals surface area contributed by atoms with Gasteiger partial charge in [-0.3, -0.25) is 0 Å². The second-order valence-corrected chi connectivity index (χ2v) is 3.95. The van der Waals surface area contributed by atoms with Crippen molar-refractivity contribution in [3.63, 3.8) is 0 Å². The standard InChI is InChI=1S/C14H20O4/c1-16-12-9-11(7-5-4-6-8-15)10-13(17-2)14(12)18-3/h8-10H,4-7H2,1-3H3. The summed E-state index contributed by atoms with van der Waals surface area (Å²) in [5.41, 5.74) is 1.12. The molecule has 100 valence electrons. The molecule has 0 fully saturated rings. The third-order valence-corrected chi connectivity index (χ3v) is 2.76. The van der Waals surface area contributed by atoms with Crippen LogP contribution >= 0.6 is 0 Å². The van der Waals surface area contributed by atoms with Crippen LogP contribution in [0.2, 0.25) is 0 Å². The molecule has 18 heavy (non-hydrogen) atoms. The number of benzene rings is 1. The van der Waals surface area contributed by atoms with Crippen LogP contribution in [0.3, 0.4) is 0 Å². The number of hydrogen-bond donors (Lipinski definition) is 0. The molecule has 0 radical (unpaired) electrons. The lowest BCUT2D eigenvalue weighted by molar-refractivity contribution is -0.107. The predicted octanol–water partition coefficient (Wildman–Crippen LogP) is 2.62. The lowest BCUT2D eigenvalue weighted by Crippen LogP contribution is -1.97. The van der Waals surface area contributed by atoms with Crippen molar-refractivity contribution in [2.24, 2.45) is 0 Å². The molecule has 0 aliphatic carbocycles. The Hall–Kier alpha value is -1.71. The van der Waals surface area contributed by atoms with E-state index >= 15 is 0 Å². The molecule has 1 aromatic rings. The van der Waals surface area contributed by atoms with E-state index < -0.39 is 0 Å². The molecule has 0 spiro atoms. The maximum absolute atomic E-state index is 10.2. The van der Waals surface area contributed by atoms with Gasteiger partial charge in [-0.2, -0.15) is 0 Å². The normalized spacial score (nSPS) is 9.94. The van der Waals surface area contributed by atoms with Gasteiger partial charge in [-0.05, 0) is 37.0 Å². The Morgan fingerprint density at radius 1 is 1.00 bits per heavy atom. The smallest absolute Gasteiger partial charge is 0.203 e. The highest BCUT2D eigenvalue weighted by Gasteiger charge is 2.12. The number of hydrogen-bond acceptors (Lipinski definition) is 4. The maximum atomic E-state index is 10.2. The van der Waals surface area contributed by atoms with Gasteiger partial charge in [-0.25, -0.2) is 0 Å². The highest BCUT2D eigenvalue weighted by atomic mass is 16.5. The van der Waals surface area contributed by atoms with E-state index in [9.17, 15) is 4.79 Å². The van der Waals surface area contributed by atoms with E-state index in [-0.39, 0.29) is 0 Å². The van der Waals surface area contributed by atoms with Gasteiger partial charge in [0.1, 0.15) is 6.29 Å². The minimum atomic E-state index is 0.608. The third kappa shape index (κ3) is 3.65. The first kappa shape index (κ1) is 14.4. The Labute approximate surface area is 108 Å². The molecule has 0 N–H and O–H groups in total. The molecule has 0 unspecified atom stereocenters. The Morgan fingerprint density at radius 2 is 1.61 bits per heavy atom. The van der Waals surface area contributed by atoms with E-state index in [0.717, 1.165) is 31.1 Å². The van der Waals surface area contributed by atoms with E-state index in [1.54, 1.807) is 21.3 Å². The maximum Gasteiger partial charge on any atom is 0.203 e. The summed E-state index contributed by atoms with van der Waals surface area (Å²) in [5, 5.41) is 0. The van der Waals surface area contributed by atoms with Gasteiger partial charge in [0.15, 0.2) is 11.5 Å². The van der Waals surface area contributed by atoms with Gasteiger partial charge in [-0.1, -0.05) is 0 Å². The van der Waals surface area contributed by atoms with E-state index in [0.29, 0.717) is 23.7 Å². The van der Waals surface area contributed by atoms with Crippen LogP contribution in [-0.4, -0.2) is 27.6 Å². The minimum Gasteiger partial charge on any atom is -0.493 e. The monoisotopic (exact) mass is 252 g/mol. The minimum absolute atomic E-state index is 0.608. The number of carbonyl (C=O) groups is 1. The van der Waals surface area contributed by atoms with E-state index in [2.05, 4.69) is 0 Å². The Balaban J connectivity index is 2.82. The van der Waals surface area contributed by atoms with Crippen molar-refractivity contribution < 1.29 is 19.0 Å². The second-order valence-electron chi connectivity index (χ2n) is 3.95. The molecular weight excluding hydrogens is 232 g/mol.